The molecule has 1 saturated heterocycles. The molecule has 0 bridgehead atoms. The smallest absolute Gasteiger partial charge is 0.288 e. The summed E-state index contributed by atoms with van der Waals surface area (Å²) >= 11 is 1.53. The molecule has 4 rings (SSSR count). The predicted molar refractivity (Wildman–Crippen MR) is 104 cm³/mol. The number of nitrogens with one attached hydrogen (secondary N) is 2. The maximum absolute atomic E-state index is 12.4. The summed E-state index contributed by atoms with van der Waals surface area (Å²) in [7, 11) is 0. The van der Waals surface area contributed by atoms with Crippen LogP contribution in [0.1, 0.15) is 48.4 Å². The van der Waals surface area contributed by atoms with E-state index in [2.05, 4.69) is 25.5 Å². The number of hydrogen-bond acceptors (Lipinski definition) is 7. The third kappa shape index (κ3) is 4.96. The van der Waals surface area contributed by atoms with E-state index in [0.29, 0.717) is 19.5 Å². The standard InChI is InChI=1S/C19H25N5O3S/c25-18(21-6-14-10-28-12-23-14)5-15-3-4-16(24(15)9-13-1-2-13)7-22-19(26)17-8-20-11-27-17/h8,10-13,15-16H,1-7,9H2,(H,21,25)(H,22,26)/t15-,16+/m1/s1. The summed E-state index contributed by atoms with van der Waals surface area (Å²) < 4.78 is 5.05. The van der Waals surface area contributed by atoms with E-state index < -0.39 is 0 Å². The summed E-state index contributed by atoms with van der Waals surface area (Å²) in [6.45, 7) is 2.05. The van der Waals surface area contributed by atoms with Gasteiger partial charge < -0.3 is 15.1 Å². The fraction of sp³-hybridized carbons (Fsp3) is 0.579. The second-order valence-electron chi connectivity index (χ2n) is 7.56. The van der Waals surface area contributed by atoms with Crippen LogP contribution in [0.4, 0.5) is 0 Å². The van der Waals surface area contributed by atoms with Crippen LogP contribution in [0.25, 0.3) is 0 Å². The van der Waals surface area contributed by atoms with Gasteiger partial charge in [0, 0.05) is 37.0 Å². The molecule has 3 heterocycles. The first-order valence-corrected chi connectivity index (χ1v) is 10.7. The molecule has 2 atom stereocenters. The van der Waals surface area contributed by atoms with Crippen molar-refractivity contribution in [3.05, 3.63) is 34.9 Å². The highest BCUT2D eigenvalue weighted by Crippen LogP contribution is 2.35. The minimum Gasteiger partial charge on any atom is -0.438 e. The molecule has 2 aromatic rings. The maximum Gasteiger partial charge on any atom is 0.288 e. The van der Waals surface area contributed by atoms with Gasteiger partial charge in [-0.1, -0.05) is 0 Å². The average molecular weight is 404 g/mol. The van der Waals surface area contributed by atoms with E-state index in [4.69, 9.17) is 4.42 Å². The Balaban J connectivity index is 1.29. The lowest BCUT2D eigenvalue weighted by Crippen LogP contribution is -2.45. The number of thiazole rings is 1. The third-order valence-electron chi connectivity index (χ3n) is 5.46. The molecule has 0 aromatic carbocycles. The lowest BCUT2D eigenvalue weighted by atomic mass is 10.1. The van der Waals surface area contributed by atoms with Crippen LogP contribution in [-0.2, 0) is 11.3 Å². The minimum atomic E-state index is -0.242. The van der Waals surface area contributed by atoms with Crippen LogP contribution in [-0.4, -0.2) is 51.9 Å². The van der Waals surface area contributed by atoms with Crippen molar-refractivity contribution in [1.82, 2.24) is 25.5 Å². The Hall–Kier alpha value is -2.26. The first-order valence-electron chi connectivity index (χ1n) is 9.75. The third-order valence-corrected chi connectivity index (χ3v) is 6.10. The maximum atomic E-state index is 12.4. The molecular formula is C19H25N5O3S. The van der Waals surface area contributed by atoms with E-state index in [1.54, 1.807) is 5.51 Å². The lowest BCUT2D eigenvalue weighted by Gasteiger charge is -2.30. The van der Waals surface area contributed by atoms with E-state index in [9.17, 15) is 9.59 Å². The molecule has 0 radical (unpaired) electrons. The fourth-order valence-electron chi connectivity index (χ4n) is 3.78. The first-order chi connectivity index (χ1) is 13.7. The highest BCUT2D eigenvalue weighted by molar-refractivity contribution is 7.07. The normalized spacial score (nSPS) is 22.3. The Morgan fingerprint density at radius 1 is 1.21 bits per heavy atom. The van der Waals surface area contributed by atoms with Crippen molar-refractivity contribution in [1.29, 1.82) is 0 Å². The van der Waals surface area contributed by atoms with E-state index in [1.807, 2.05) is 5.38 Å². The van der Waals surface area contributed by atoms with Gasteiger partial charge in [-0.25, -0.2) is 9.97 Å². The molecule has 150 valence electrons. The number of oxazole rings is 1. The molecular weight excluding hydrogens is 378 g/mol. The molecule has 2 amide bonds. The number of hydrogen-bond donors (Lipinski definition) is 2. The van der Waals surface area contributed by atoms with Crippen molar-refractivity contribution >= 4 is 23.2 Å². The monoisotopic (exact) mass is 403 g/mol. The van der Waals surface area contributed by atoms with E-state index in [1.165, 1.54) is 36.8 Å². The number of amides is 2. The van der Waals surface area contributed by atoms with Gasteiger partial charge in [0.05, 0.1) is 23.9 Å². The van der Waals surface area contributed by atoms with Crippen LogP contribution in [0.5, 0.6) is 0 Å². The summed E-state index contributed by atoms with van der Waals surface area (Å²) in [4.78, 5) is 35.0. The van der Waals surface area contributed by atoms with Gasteiger partial charge in [0.1, 0.15) is 0 Å². The molecule has 2 aliphatic rings. The van der Waals surface area contributed by atoms with Gasteiger partial charge in [-0.2, -0.15) is 0 Å². The number of aromatic nitrogens is 2. The van der Waals surface area contributed by atoms with Gasteiger partial charge in [-0.05, 0) is 31.6 Å². The molecule has 28 heavy (non-hydrogen) atoms. The van der Waals surface area contributed by atoms with Crippen LogP contribution in [0.2, 0.25) is 0 Å². The molecule has 1 aliphatic heterocycles. The molecule has 8 nitrogen and oxygen atoms in total. The highest BCUT2D eigenvalue weighted by Gasteiger charge is 2.38. The van der Waals surface area contributed by atoms with E-state index >= 15 is 0 Å². The van der Waals surface area contributed by atoms with Crippen molar-refractivity contribution in [3.8, 4) is 0 Å². The molecule has 1 aliphatic carbocycles. The molecule has 2 fully saturated rings. The Bertz CT molecular complexity index is 776. The zero-order valence-corrected chi connectivity index (χ0v) is 16.5. The molecule has 2 N–H and O–H groups in total. The number of carbonyl (C=O) groups is 2. The number of likely N-dealkylation sites (tertiary alicyclic amines) is 1. The van der Waals surface area contributed by atoms with Gasteiger partial charge in [0.15, 0.2) is 6.39 Å². The van der Waals surface area contributed by atoms with Gasteiger partial charge in [0.25, 0.3) is 5.91 Å². The van der Waals surface area contributed by atoms with E-state index in [-0.39, 0.29) is 29.7 Å². The molecule has 2 aromatic heterocycles. The van der Waals surface area contributed by atoms with Crippen molar-refractivity contribution in [3.63, 3.8) is 0 Å². The van der Waals surface area contributed by atoms with Gasteiger partial charge in [-0.15, -0.1) is 11.3 Å². The lowest BCUT2D eigenvalue weighted by molar-refractivity contribution is -0.122. The zero-order chi connectivity index (χ0) is 19.3. The largest absolute Gasteiger partial charge is 0.438 e. The number of carbonyl (C=O) groups excluding carboxylic acids is 2. The fourth-order valence-corrected chi connectivity index (χ4v) is 4.33. The van der Waals surface area contributed by atoms with Crippen LogP contribution < -0.4 is 10.6 Å². The van der Waals surface area contributed by atoms with E-state index in [0.717, 1.165) is 31.0 Å². The Morgan fingerprint density at radius 3 is 2.79 bits per heavy atom. The summed E-state index contributed by atoms with van der Waals surface area (Å²) in [6, 6.07) is 0.479. The quantitative estimate of drug-likeness (QED) is 0.662. The highest BCUT2D eigenvalue weighted by atomic mass is 32.1. The van der Waals surface area contributed by atoms with Crippen molar-refractivity contribution in [2.45, 2.75) is 50.7 Å². The van der Waals surface area contributed by atoms with Crippen LogP contribution >= 0.6 is 11.3 Å². The first kappa shape index (κ1) is 19.1. The molecule has 1 saturated carbocycles. The number of rotatable bonds is 9. The van der Waals surface area contributed by atoms with Crippen LogP contribution in [0.15, 0.2) is 27.9 Å². The predicted octanol–water partition coefficient (Wildman–Crippen LogP) is 1.81. The Morgan fingerprint density at radius 2 is 2.07 bits per heavy atom. The summed E-state index contributed by atoms with van der Waals surface area (Å²) in [5, 5.41) is 7.87. The summed E-state index contributed by atoms with van der Waals surface area (Å²) in [5.41, 5.74) is 2.67. The molecule has 0 spiro atoms. The minimum absolute atomic E-state index is 0.0603. The Labute approximate surface area is 167 Å². The summed E-state index contributed by atoms with van der Waals surface area (Å²) in [5.74, 6) is 0.773. The second-order valence-corrected chi connectivity index (χ2v) is 8.28. The Kier molecular flexibility index (Phi) is 6.01. The number of nitrogens with zero attached hydrogens (tertiary/aromatic N) is 3. The molecule has 9 heteroatoms. The second kappa shape index (κ2) is 8.83. The summed E-state index contributed by atoms with van der Waals surface area (Å²) in [6.07, 6.45) is 7.63. The topological polar surface area (TPSA) is 100 Å². The van der Waals surface area contributed by atoms with Crippen molar-refractivity contribution < 1.29 is 14.0 Å². The van der Waals surface area contributed by atoms with Gasteiger partial charge >= 0.3 is 0 Å². The van der Waals surface area contributed by atoms with Crippen molar-refractivity contribution in [2.75, 3.05) is 13.1 Å². The van der Waals surface area contributed by atoms with Gasteiger partial charge in [0.2, 0.25) is 11.7 Å². The molecule has 0 unspecified atom stereocenters. The average Bonchev–Trinajstić information content (AvgIpc) is 3.12. The van der Waals surface area contributed by atoms with Crippen LogP contribution in [0, 0.1) is 5.92 Å². The van der Waals surface area contributed by atoms with Crippen LogP contribution in [0.3, 0.4) is 0 Å². The zero-order valence-electron chi connectivity index (χ0n) is 15.7. The SMILES string of the molecule is O=C(C[C@H]1CC[C@@H](CNC(=O)c2cnco2)N1CC1CC1)NCc1cscn1. The van der Waals surface area contributed by atoms with Crippen molar-refractivity contribution in [2.24, 2.45) is 5.92 Å². The van der Waals surface area contributed by atoms with Gasteiger partial charge in [-0.3, -0.25) is 14.5 Å².